The molecule has 0 radical (unpaired) electrons. The summed E-state index contributed by atoms with van der Waals surface area (Å²) >= 11 is 0. The van der Waals surface area contributed by atoms with Crippen LogP contribution in [0.5, 0.6) is 0 Å². The molecule has 3 rings (SSSR count). The SMILES string of the molecule is CNCCNC(=O)C1(Cc2ccccc2)CC2CCC1C2.Cl. The van der Waals surface area contributed by atoms with Gasteiger partial charge in [0.15, 0.2) is 0 Å². The fourth-order valence-electron chi connectivity index (χ4n) is 4.46. The highest BCUT2D eigenvalue weighted by molar-refractivity contribution is 5.85. The zero-order chi connectivity index (χ0) is 14.7. The summed E-state index contributed by atoms with van der Waals surface area (Å²) in [6.07, 6.45) is 5.80. The standard InChI is InChI=1S/C18H26N2O.ClH/c1-19-9-10-20-17(21)18(12-14-5-3-2-4-6-14)13-15-7-8-16(18)11-15;/h2-6,15-16,19H,7-13H2,1H3,(H,20,21);1H. The lowest BCUT2D eigenvalue weighted by atomic mass is 9.68. The molecule has 3 unspecified atom stereocenters. The van der Waals surface area contributed by atoms with Gasteiger partial charge in [-0.15, -0.1) is 12.4 Å². The van der Waals surface area contributed by atoms with Crippen LogP contribution in [0.2, 0.25) is 0 Å². The van der Waals surface area contributed by atoms with Crippen molar-refractivity contribution < 1.29 is 4.79 Å². The monoisotopic (exact) mass is 322 g/mol. The minimum absolute atomic E-state index is 0. The van der Waals surface area contributed by atoms with Crippen LogP contribution >= 0.6 is 12.4 Å². The summed E-state index contributed by atoms with van der Waals surface area (Å²) in [5, 5.41) is 6.27. The van der Waals surface area contributed by atoms with Gasteiger partial charge in [0, 0.05) is 13.1 Å². The Balaban J connectivity index is 0.00000176. The first-order valence-electron chi connectivity index (χ1n) is 8.21. The summed E-state index contributed by atoms with van der Waals surface area (Å²) in [7, 11) is 1.92. The number of halogens is 1. The van der Waals surface area contributed by atoms with Gasteiger partial charge in [0.2, 0.25) is 5.91 Å². The quantitative estimate of drug-likeness (QED) is 0.791. The molecule has 3 nitrogen and oxygen atoms in total. The Morgan fingerprint density at radius 1 is 1.23 bits per heavy atom. The van der Waals surface area contributed by atoms with Crippen LogP contribution in [-0.4, -0.2) is 26.0 Å². The highest BCUT2D eigenvalue weighted by Crippen LogP contribution is 2.57. The Labute approximate surface area is 139 Å². The average molecular weight is 323 g/mol. The van der Waals surface area contributed by atoms with E-state index in [1.54, 1.807) is 0 Å². The van der Waals surface area contributed by atoms with Gasteiger partial charge in [0.1, 0.15) is 0 Å². The van der Waals surface area contributed by atoms with Crippen LogP contribution in [0.4, 0.5) is 0 Å². The smallest absolute Gasteiger partial charge is 0.226 e. The first-order chi connectivity index (χ1) is 10.2. The second kappa shape index (κ2) is 7.47. The van der Waals surface area contributed by atoms with Crippen molar-refractivity contribution in [3.63, 3.8) is 0 Å². The third-order valence-electron chi connectivity index (χ3n) is 5.45. The van der Waals surface area contributed by atoms with E-state index < -0.39 is 0 Å². The van der Waals surface area contributed by atoms with E-state index in [1.807, 2.05) is 13.1 Å². The van der Waals surface area contributed by atoms with Crippen molar-refractivity contribution in [2.75, 3.05) is 20.1 Å². The van der Waals surface area contributed by atoms with E-state index in [0.29, 0.717) is 5.92 Å². The number of nitrogens with one attached hydrogen (secondary N) is 2. The van der Waals surface area contributed by atoms with E-state index in [-0.39, 0.29) is 23.7 Å². The summed E-state index contributed by atoms with van der Waals surface area (Å²) in [5.74, 6) is 1.64. The topological polar surface area (TPSA) is 41.1 Å². The van der Waals surface area contributed by atoms with Crippen molar-refractivity contribution in [1.82, 2.24) is 10.6 Å². The largest absolute Gasteiger partial charge is 0.354 e. The maximum Gasteiger partial charge on any atom is 0.226 e. The molecule has 22 heavy (non-hydrogen) atoms. The van der Waals surface area contributed by atoms with E-state index in [0.717, 1.165) is 31.8 Å². The van der Waals surface area contributed by atoms with Gasteiger partial charge < -0.3 is 10.6 Å². The summed E-state index contributed by atoms with van der Waals surface area (Å²) in [6.45, 7) is 1.56. The Hall–Kier alpha value is -1.06. The molecule has 1 aromatic carbocycles. The molecule has 0 heterocycles. The molecule has 1 aromatic rings. The van der Waals surface area contributed by atoms with Gasteiger partial charge in [-0.2, -0.15) is 0 Å². The van der Waals surface area contributed by atoms with Crippen molar-refractivity contribution in [3.8, 4) is 0 Å². The maximum atomic E-state index is 12.9. The Morgan fingerprint density at radius 2 is 2.00 bits per heavy atom. The molecule has 122 valence electrons. The number of hydrogen-bond acceptors (Lipinski definition) is 2. The third kappa shape index (κ3) is 3.31. The van der Waals surface area contributed by atoms with E-state index in [4.69, 9.17) is 0 Å². The molecule has 1 amide bonds. The fourth-order valence-corrected chi connectivity index (χ4v) is 4.46. The number of benzene rings is 1. The van der Waals surface area contributed by atoms with Crippen LogP contribution in [0.3, 0.4) is 0 Å². The highest BCUT2D eigenvalue weighted by Gasteiger charge is 2.55. The third-order valence-corrected chi connectivity index (χ3v) is 5.45. The number of carbonyl (C=O) groups is 1. The predicted octanol–water partition coefficient (Wildman–Crippen LogP) is 2.79. The van der Waals surface area contributed by atoms with Gasteiger partial charge in [0.05, 0.1) is 5.41 Å². The number of carbonyl (C=O) groups excluding carboxylic acids is 1. The predicted molar refractivity (Wildman–Crippen MR) is 92.2 cm³/mol. The van der Waals surface area contributed by atoms with Gasteiger partial charge in [-0.3, -0.25) is 4.79 Å². The molecule has 2 N–H and O–H groups in total. The molecule has 2 bridgehead atoms. The van der Waals surface area contributed by atoms with E-state index >= 15 is 0 Å². The normalized spacial score (nSPS) is 29.1. The molecule has 0 spiro atoms. The van der Waals surface area contributed by atoms with Crippen LogP contribution in [0.1, 0.15) is 31.2 Å². The van der Waals surface area contributed by atoms with Crippen LogP contribution in [0.15, 0.2) is 30.3 Å². The lowest BCUT2D eigenvalue weighted by Gasteiger charge is -2.36. The van der Waals surface area contributed by atoms with Crippen LogP contribution in [0, 0.1) is 17.3 Å². The minimum atomic E-state index is -0.155. The van der Waals surface area contributed by atoms with Gasteiger partial charge in [0.25, 0.3) is 0 Å². The van der Waals surface area contributed by atoms with Gasteiger partial charge in [-0.25, -0.2) is 0 Å². The lowest BCUT2D eigenvalue weighted by Crippen LogP contribution is -2.47. The molecule has 0 aliphatic heterocycles. The summed E-state index contributed by atoms with van der Waals surface area (Å²) < 4.78 is 0. The summed E-state index contributed by atoms with van der Waals surface area (Å²) in [5.41, 5.74) is 1.15. The molecule has 2 fully saturated rings. The van der Waals surface area contributed by atoms with Crippen molar-refractivity contribution >= 4 is 18.3 Å². The van der Waals surface area contributed by atoms with Crippen molar-refractivity contribution in [2.45, 2.75) is 32.1 Å². The second-order valence-corrected chi connectivity index (χ2v) is 6.76. The molecule has 4 heteroatoms. The number of hydrogen-bond donors (Lipinski definition) is 2. The Kier molecular flexibility index (Phi) is 5.87. The molecule has 0 aromatic heterocycles. The molecule has 2 aliphatic carbocycles. The van der Waals surface area contributed by atoms with Gasteiger partial charge in [-0.1, -0.05) is 36.8 Å². The zero-order valence-electron chi connectivity index (χ0n) is 13.3. The summed E-state index contributed by atoms with van der Waals surface area (Å²) in [6, 6.07) is 10.5. The number of rotatable bonds is 6. The van der Waals surface area contributed by atoms with E-state index in [2.05, 4.69) is 34.9 Å². The number of fused-ring (bicyclic) bond motifs is 2. The summed E-state index contributed by atoms with van der Waals surface area (Å²) in [4.78, 5) is 12.9. The second-order valence-electron chi connectivity index (χ2n) is 6.76. The van der Waals surface area contributed by atoms with Gasteiger partial charge in [-0.05, 0) is 50.1 Å². The van der Waals surface area contributed by atoms with Crippen molar-refractivity contribution in [1.29, 1.82) is 0 Å². The molecule has 0 saturated heterocycles. The van der Waals surface area contributed by atoms with Gasteiger partial charge >= 0.3 is 0 Å². The maximum absolute atomic E-state index is 12.9. The molecule has 2 aliphatic rings. The molecular formula is C18H27ClN2O. The molecular weight excluding hydrogens is 296 g/mol. The van der Waals surface area contributed by atoms with Crippen molar-refractivity contribution in [2.24, 2.45) is 17.3 Å². The minimum Gasteiger partial charge on any atom is -0.354 e. The van der Waals surface area contributed by atoms with Crippen LogP contribution in [-0.2, 0) is 11.2 Å². The Morgan fingerprint density at radius 3 is 2.59 bits per heavy atom. The first kappa shape index (κ1) is 17.3. The van der Waals surface area contributed by atoms with E-state index in [1.165, 1.54) is 24.8 Å². The average Bonchev–Trinajstić information content (AvgIpc) is 3.10. The fraction of sp³-hybridized carbons (Fsp3) is 0.611. The van der Waals surface area contributed by atoms with Crippen LogP contribution in [0.25, 0.3) is 0 Å². The Bertz CT molecular complexity index is 493. The highest BCUT2D eigenvalue weighted by atomic mass is 35.5. The lowest BCUT2D eigenvalue weighted by molar-refractivity contribution is -0.134. The van der Waals surface area contributed by atoms with E-state index in [9.17, 15) is 4.79 Å². The first-order valence-corrected chi connectivity index (χ1v) is 8.21. The molecule has 2 saturated carbocycles. The molecule has 3 atom stereocenters. The zero-order valence-corrected chi connectivity index (χ0v) is 14.1. The van der Waals surface area contributed by atoms with Crippen molar-refractivity contribution in [3.05, 3.63) is 35.9 Å². The number of amides is 1. The number of likely N-dealkylation sites (N-methyl/N-ethyl adjacent to an activating group) is 1. The van der Waals surface area contributed by atoms with Crippen LogP contribution < -0.4 is 10.6 Å².